The summed E-state index contributed by atoms with van der Waals surface area (Å²) in [5.74, 6) is 0. The van der Waals surface area contributed by atoms with Crippen LogP contribution in [0.1, 0.15) is 38.9 Å². The first-order valence-electron chi connectivity index (χ1n) is 9.83. The number of nitrogens with zero attached hydrogens (tertiary/aromatic N) is 7. The number of hydrogen-bond acceptors (Lipinski definition) is 7. The van der Waals surface area contributed by atoms with Crippen LogP contribution in [0.5, 0.6) is 0 Å². The first-order chi connectivity index (χ1) is 19.0. The third-order valence-corrected chi connectivity index (χ3v) is 6.34. The summed E-state index contributed by atoms with van der Waals surface area (Å²) in [5.41, 5.74) is -18.5. The van der Waals surface area contributed by atoms with Crippen LogP contribution in [0.15, 0.2) is 17.0 Å². The molecule has 0 aromatic heterocycles. The predicted molar refractivity (Wildman–Crippen MR) is 115 cm³/mol. The number of alkyl halides is 6. The number of benzene rings is 2. The fourth-order valence-corrected chi connectivity index (χ4v) is 4.81. The first kappa shape index (κ1) is 32.4. The maximum Gasteiger partial charge on any atom is 0.417 e. The molecule has 0 bridgehead atoms. The quantitative estimate of drug-likeness (QED) is 0.385. The van der Waals surface area contributed by atoms with Gasteiger partial charge in [0.25, 0.3) is 0 Å². The van der Waals surface area contributed by atoms with Crippen molar-refractivity contribution in [2.45, 2.75) is 17.2 Å². The maximum absolute atomic E-state index is 14.5. The van der Waals surface area contributed by atoms with Gasteiger partial charge in [-0.2, -0.15) is 63.2 Å². The van der Waals surface area contributed by atoms with E-state index in [0.717, 1.165) is 24.3 Å². The van der Waals surface area contributed by atoms with Gasteiger partial charge in [-0.15, -0.1) is 0 Å². The van der Waals surface area contributed by atoms with Crippen molar-refractivity contribution in [1.82, 2.24) is 0 Å². The van der Waals surface area contributed by atoms with Crippen LogP contribution in [0.3, 0.4) is 0 Å². The molecule has 19 heteroatoms. The van der Waals surface area contributed by atoms with E-state index < -0.39 is 100 Å². The molecule has 0 heterocycles. The van der Waals surface area contributed by atoms with Gasteiger partial charge >= 0.3 is 22.6 Å². The molecular formula is C23H2F11N7S. The second-order valence-corrected chi connectivity index (χ2v) is 9.99. The summed E-state index contributed by atoms with van der Waals surface area (Å²) >= 11 is 0. The van der Waals surface area contributed by atoms with E-state index in [2.05, 4.69) is 0 Å². The summed E-state index contributed by atoms with van der Waals surface area (Å²) < 4.78 is 154. The van der Waals surface area contributed by atoms with Crippen LogP contribution in [0, 0.1) is 79.3 Å². The fraction of sp³-hybridized carbons (Fsp3) is 0.0870. The molecule has 0 aliphatic rings. The Morgan fingerprint density at radius 2 is 0.929 bits per heavy atom. The van der Waals surface area contributed by atoms with E-state index in [1.54, 1.807) is 0 Å². The van der Waals surface area contributed by atoms with Crippen molar-refractivity contribution in [2.24, 2.45) is 0 Å². The highest BCUT2D eigenvalue weighted by Crippen LogP contribution is 3.01. The van der Waals surface area contributed by atoms with E-state index in [1.165, 1.54) is 0 Å². The van der Waals surface area contributed by atoms with Gasteiger partial charge in [0.1, 0.15) is 53.0 Å². The van der Waals surface area contributed by atoms with Crippen molar-refractivity contribution >= 4 is 21.4 Å². The van der Waals surface area contributed by atoms with Crippen molar-refractivity contribution in [2.75, 3.05) is 0 Å². The van der Waals surface area contributed by atoms with E-state index in [1.807, 2.05) is 0 Å². The zero-order chi connectivity index (χ0) is 32.7. The molecule has 0 saturated carbocycles. The Morgan fingerprint density at radius 3 is 1.21 bits per heavy atom. The fourth-order valence-electron chi connectivity index (χ4n) is 3.69. The van der Waals surface area contributed by atoms with Crippen LogP contribution >= 0.6 is 10.2 Å². The Morgan fingerprint density at radius 1 is 0.548 bits per heavy atom. The topological polar surface area (TPSA) is 167 Å². The third-order valence-electron chi connectivity index (χ3n) is 5.16. The maximum atomic E-state index is 14.5. The molecule has 7 nitrogen and oxygen atoms in total. The molecule has 0 atom stereocenters. The van der Waals surface area contributed by atoms with Crippen LogP contribution in [0.25, 0.3) is 11.1 Å². The molecule has 0 radical (unpaired) electrons. The van der Waals surface area contributed by atoms with E-state index >= 15 is 0 Å². The second kappa shape index (κ2) is 9.39. The molecule has 0 fully saturated rings. The summed E-state index contributed by atoms with van der Waals surface area (Å²) in [7, 11) is -11.5. The Labute approximate surface area is 225 Å². The van der Waals surface area contributed by atoms with Gasteiger partial charge in [-0.3, -0.25) is 0 Å². The van der Waals surface area contributed by atoms with E-state index in [9.17, 15) is 66.8 Å². The van der Waals surface area contributed by atoms with Gasteiger partial charge in [0.2, 0.25) is 0 Å². The van der Waals surface area contributed by atoms with Crippen molar-refractivity contribution in [3.05, 3.63) is 61.5 Å². The average Bonchev–Trinajstić information content (AvgIpc) is 2.86. The molecule has 0 saturated heterocycles. The molecule has 0 aliphatic carbocycles. The number of halogens is 11. The lowest BCUT2D eigenvalue weighted by atomic mass is 9.90. The van der Waals surface area contributed by atoms with E-state index in [-0.39, 0.29) is 0 Å². The molecule has 0 unspecified atom stereocenters. The normalized spacial score (nSPS) is 13.7. The van der Waals surface area contributed by atoms with Gasteiger partial charge in [0.05, 0.1) is 39.0 Å². The number of nitriles is 7. The van der Waals surface area contributed by atoms with Crippen LogP contribution in [-0.4, -0.2) is 0 Å². The molecule has 212 valence electrons. The molecule has 42 heavy (non-hydrogen) atoms. The minimum Gasteiger partial charge on any atom is -0.192 e. The van der Waals surface area contributed by atoms with Gasteiger partial charge < -0.3 is 0 Å². The van der Waals surface area contributed by atoms with Crippen molar-refractivity contribution in [1.29, 1.82) is 36.8 Å². The Kier molecular flexibility index (Phi) is 7.24. The summed E-state index contributed by atoms with van der Waals surface area (Å²) in [6.45, 7) is 0. The molecule has 0 amide bonds. The summed E-state index contributed by atoms with van der Waals surface area (Å²) in [6, 6.07) is 4.60. The summed E-state index contributed by atoms with van der Waals surface area (Å²) in [5, 5.41) is 61.0. The smallest absolute Gasteiger partial charge is 0.192 e. The molecule has 2 aromatic carbocycles. The lowest BCUT2D eigenvalue weighted by molar-refractivity contribution is -0.143. The van der Waals surface area contributed by atoms with Crippen LogP contribution < -0.4 is 10.4 Å². The van der Waals surface area contributed by atoms with Crippen LogP contribution in [-0.2, 0) is 12.4 Å². The van der Waals surface area contributed by atoms with Crippen LogP contribution in [0.4, 0.5) is 45.8 Å². The van der Waals surface area contributed by atoms with Gasteiger partial charge in [0.15, 0.2) is 0 Å². The van der Waals surface area contributed by atoms with Crippen molar-refractivity contribution < 1.29 is 45.8 Å². The summed E-state index contributed by atoms with van der Waals surface area (Å²) in [4.78, 5) is -3.53. The predicted octanol–water partition coefficient (Wildman–Crippen LogP) is 5.79. The number of hydrogen-bond donors (Lipinski definition) is 0. The molecular weight excluding hydrogens is 615 g/mol. The minimum atomic E-state index is -11.5. The van der Waals surface area contributed by atoms with Crippen molar-refractivity contribution in [3.8, 4) is 42.5 Å². The summed E-state index contributed by atoms with van der Waals surface area (Å²) in [6.07, 6.45) is -11.7. The molecule has 2 rings (SSSR count). The zero-order valence-corrected chi connectivity index (χ0v) is 20.2. The standard InChI is InChI=1S/C23H2F11N7S/c24-22(25,26)17-1-10(2-18(15(17)8-40)23(27,28)29)12(5-37)20-14(7-39)13(6-38)19(11(3-35)4-36)16(9-41)21(20)42(30,31,32,33)34/h1-2H/b20-12+. The largest absolute Gasteiger partial charge is 0.417 e. The molecule has 0 N–H and O–H groups in total. The highest BCUT2D eigenvalue weighted by molar-refractivity contribution is 8.45. The van der Waals surface area contributed by atoms with Gasteiger partial charge in [-0.25, -0.2) is 0 Å². The first-order valence-corrected chi connectivity index (χ1v) is 11.8. The number of rotatable bonds is 2. The Hall–Kier alpha value is -5.81. The van der Waals surface area contributed by atoms with Gasteiger partial charge in [-0.05, 0) is 17.7 Å². The third kappa shape index (κ3) is 5.58. The van der Waals surface area contributed by atoms with Gasteiger partial charge in [-0.1, -0.05) is 19.4 Å². The Bertz CT molecular complexity index is 1960. The van der Waals surface area contributed by atoms with E-state index in [4.69, 9.17) is 15.8 Å². The van der Waals surface area contributed by atoms with E-state index in [0.29, 0.717) is 18.2 Å². The SMILES string of the molecule is N#CC(C#N)=c1c(C#N)c(C#N)/c(=C(/C#N)c2cc(C(F)(F)F)c(C#N)c(C(F)(F)F)c2)c(S(F)(F)(F)(F)F)c1C#N. The van der Waals surface area contributed by atoms with Gasteiger partial charge in [0, 0.05) is 10.4 Å². The monoisotopic (exact) mass is 617 g/mol. The van der Waals surface area contributed by atoms with Crippen molar-refractivity contribution in [3.63, 3.8) is 0 Å². The van der Waals surface area contributed by atoms with Crippen LogP contribution in [0.2, 0.25) is 0 Å². The Balaban J connectivity index is 3.82. The molecule has 2 aromatic rings. The molecule has 0 aliphatic heterocycles. The lowest BCUT2D eigenvalue weighted by Gasteiger charge is -2.41. The minimum absolute atomic E-state index is 0.462. The highest BCUT2D eigenvalue weighted by Gasteiger charge is 2.68. The lowest BCUT2D eigenvalue weighted by Crippen LogP contribution is -2.34. The average molecular weight is 617 g/mol. The second-order valence-electron chi connectivity index (χ2n) is 7.65. The molecule has 0 spiro atoms. The zero-order valence-electron chi connectivity index (χ0n) is 19.4. The highest BCUT2D eigenvalue weighted by atomic mass is 32.5.